The van der Waals surface area contributed by atoms with Crippen molar-refractivity contribution in [2.45, 2.75) is 9.79 Å². The van der Waals surface area contributed by atoms with Crippen molar-refractivity contribution < 1.29 is 0 Å². The van der Waals surface area contributed by atoms with Crippen molar-refractivity contribution in [1.29, 1.82) is 0 Å². The molecule has 0 saturated carbocycles. The zero-order chi connectivity index (χ0) is 44.3. The van der Waals surface area contributed by atoms with E-state index in [1.165, 1.54) is 42.6 Å². The van der Waals surface area contributed by atoms with Crippen LogP contribution in [0.5, 0.6) is 0 Å². The minimum Gasteiger partial charge on any atom is -0.309 e. The van der Waals surface area contributed by atoms with E-state index in [0.717, 1.165) is 61.5 Å². The van der Waals surface area contributed by atoms with Crippen LogP contribution < -0.4 is 4.90 Å². The number of para-hydroxylation sites is 3. The molecule has 314 valence electrons. The van der Waals surface area contributed by atoms with Crippen molar-refractivity contribution in [2.24, 2.45) is 0 Å². The lowest BCUT2D eigenvalue weighted by Crippen LogP contribution is -2.14. The zero-order valence-corrected chi connectivity index (χ0v) is 37.0. The third-order valence-electron chi connectivity index (χ3n) is 12.8. The Balaban J connectivity index is 1.00. The van der Waals surface area contributed by atoms with Crippen LogP contribution in [0.25, 0.3) is 94.7 Å². The summed E-state index contributed by atoms with van der Waals surface area (Å²) >= 11 is 1.83. The molecule has 10 aromatic carbocycles. The second kappa shape index (κ2) is 16.1. The van der Waals surface area contributed by atoms with E-state index in [1.807, 2.05) is 36.0 Å². The van der Waals surface area contributed by atoms with Gasteiger partial charge < -0.3 is 9.47 Å². The molecule has 0 bridgehead atoms. The molecule has 5 nitrogen and oxygen atoms in total. The number of aromatic nitrogens is 4. The summed E-state index contributed by atoms with van der Waals surface area (Å²) in [6.07, 6.45) is 0. The third kappa shape index (κ3) is 6.77. The van der Waals surface area contributed by atoms with E-state index in [9.17, 15) is 0 Å². The summed E-state index contributed by atoms with van der Waals surface area (Å²) in [6.45, 7) is 0. The van der Waals surface area contributed by atoms with Crippen molar-refractivity contribution >= 4 is 61.4 Å². The molecule has 0 N–H and O–H groups in total. The summed E-state index contributed by atoms with van der Waals surface area (Å²) in [7, 11) is 0. The highest BCUT2D eigenvalue weighted by molar-refractivity contribution is 7.99. The first-order chi connectivity index (χ1) is 33.2. The minimum absolute atomic E-state index is 0.609. The van der Waals surface area contributed by atoms with Crippen LogP contribution in [0.2, 0.25) is 0 Å². The molecular weight excluding hydrogens is 835 g/mol. The third-order valence-corrected chi connectivity index (χ3v) is 13.9. The van der Waals surface area contributed by atoms with Crippen LogP contribution in [0.4, 0.5) is 17.1 Å². The maximum atomic E-state index is 5.21. The summed E-state index contributed by atoms with van der Waals surface area (Å²) in [5.74, 6) is 1.86. The Hall–Kier alpha value is -8.58. The van der Waals surface area contributed by atoms with Gasteiger partial charge in [0.25, 0.3) is 0 Å². The summed E-state index contributed by atoms with van der Waals surface area (Å²) in [5, 5.41) is 4.85. The monoisotopic (exact) mass is 873 g/mol. The van der Waals surface area contributed by atoms with E-state index >= 15 is 0 Å². The second-order valence-corrected chi connectivity index (χ2v) is 17.9. The van der Waals surface area contributed by atoms with E-state index in [1.54, 1.807) is 0 Å². The summed E-state index contributed by atoms with van der Waals surface area (Å²) < 4.78 is 2.44. The van der Waals surface area contributed by atoms with Crippen LogP contribution >= 0.6 is 11.8 Å². The molecule has 2 aromatic heterocycles. The van der Waals surface area contributed by atoms with Gasteiger partial charge in [-0.05, 0) is 82.1 Å². The quantitative estimate of drug-likeness (QED) is 0.160. The molecule has 0 saturated heterocycles. The van der Waals surface area contributed by atoms with E-state index in [2.05, 4.69) is 222 Å². The van der Waals surface area contributed by atoms with Gasteiger partial charge in [0.1, 0.15) is 0 Å². The van der Waals surface area contributed by atoms with Gasteiger partial charge in [0, 0.05) is 54.2 Å². The summed E-state index contributed by atoms with van der Waals surface area (Å²) in [5.41, 5.74) is 14.1. The molecule has 67 heavy (non-hydrogen) atoms. The van der Waals surface area contributed by atoms with Gasteiger partial charge in [-0.15, -0.1) is 0 Å². The fourth-order valence-electron chi connectivity index (χ4n) is 9.69. The van der Waals surface area contributed by atoms with Crippen LogP contribution in [-0.4, -0.2) is 19.5 Å². The van der Waals surface area contributed by atoms with Crippen LogP contribution in [0.1, 0.15) is 0 Å². The van der Waals surface area contributed by atoms with Gasteiger partial charge >= 0.3 is 0 Å². The number of anilines is 3. The topological polar surface area (TPSA) is 46.8 Å². The Morgan fingerprint density at radius 2 is 0.896 bits per heavy atom. The average molecular weight is 874 g/mol. The molecule has 3 heterocycles. The largest absolute Gasteiger partial charge is 0.309 e. The first-order valence-corrected chi connectivity index (χ1v) is 23.3. The fourth-order valence-corrected chi connectivity index (χ4v) is 10.7. The molecule has 0 fully saturated rings. The van der Waals surface area contributed by atoms with Crippen molar-refractivity contribution in [1.82, 2.24) is 19.5 Å². The van der Waals surface area contributed by atoms with Gasteiger partial charge in [0.15, 0.2) is 17.5 Å². The second-order valence-electron chi connectivity index (χ2n) is 16.8. The smallest absolute Gasteiger partial charge is 0.164 e. The highest BCUT2D eigenvalue weighted by Crippen LogP contribution is 2.53. The Labute approximate surface area is 392 Å². The minimum atomic E-state index is 0.609. The molecule has 12 aromatic rings. The van der Waals surface area contributed by atoms with Crippen molar-refractivity contribution in [3.8, 4) is 62.1 Å². The predicted molar refractivity (Wildman–Crippen MR) is 278 cm³/mol. The molecule has 0 unspecified atom stereocenters. The van der Waals surface area contributed by atoms with Crippen molar-refractivity contribution in [2.75, 3.05) is 4.90 Å². The predicted octanol–water partition coefficient (Wildman–Crippen LogP) is 16.4. The molecule has 0 aliphatic carbocycles. The Bertz CT molecular complexity index is 3830. The van der Waals surface area contributed by atoms with Crippen molar-refractivity contribution in [3.63, 3.8) is 0 Å². The number of fused-ring (bicyclic) bond motifs is 7. The number of nitrogens with zero attached hydrogens (tertiary/aromatic N) is 5. The molecule has 1 aliphatic rings. The Morgan fingerprint density at radius 1 is 0.343 bits per heavy atom. The number of hydrogen-bond acceptors (Lipinski definition) is 5. The highest BCUT2D eigenvalue weighted by atomic mass is 32.2. The van der Waals surface area contributed by atoms with Crippen LogP contribution in [0.3, 0.4) is 0 Å². The van der Waals surface area contributed by atoms with Gasteiger partial charge in [-0.25, -0.2) is 15.0 Å². The summed E-state index contributed by atoms with van der Waals surface area (Å²) in [4.78, 5) is 20.3. The number of rotatable bonds is 7. The molecule has 0 spiro atoms. The van der Waals surface area contributed by atoms with E-state index in [4.69, 9.17) is 15.0 Å². The standard InChI is InChI=1S/C61H39N5S/c1-4-16-40(17-5-1)41-30-32-44(33-31-41)60-62-59(43-19-6-2-7-20-43)63-61(64-60)46-21-14-24-48(38-46)66-53-36-34-42-18-10-11-25-49(42)57(53)51-27-15-26-50(58(51)66)45-35-37-56-54(39-45)65(47-22-8-3-9-23-47)52-28-12-13-29-55(52)67-56/h1-39H. The fraction of sp³-hybridized carbons (Fsp3) is 0. The molecule has 0 atom stereocenters. The molecular formula is C61H39N5S. The zero-order valence-electron chi connectivity index (χ0n) is 36.2. The molecule has 0 radical (unpaired) electrons. The molecule has 13 rings (SSSR count). The van der Waals surface area contributed by atoms with E-state index < -0.39 is 0 Å². The van der Waals surface area contributed by atoms with Crippen LogP contribution in [0, 0.1) is 0 Å². The lowest BCUT2D eigenvalue weighted by Gasteiger charge is -2.33. The van der Waals surface area contributed by atoms with Gasteiger partial charge in [-0.2, -0.15) is 0 Å². The first kappa shape index (κ1) is 38.8. The number of hydrogen-bond donors (Lipinski definition) is 0. The lowest BCUT2D eigenvalue weighted by molar-refractivity contribution is 1.07. The van der Waals surface area contributed by atoms with Crippen molar-refractivity contribution in [3.05, 3.63) is 237 Å². The highest BCUT2D eigenvalue weighted by Gasteiger charge is 2.26. The van der Waals surface area contributed by atoms with Crippen LogP contribution in [-0.2, 0) is 0 Å². The van der Waals surface area contributed by atoms with Gasteiger partial charge in [0.05, 0.1) is 22.4 Å². The SMILES string of the molecule is c1ccc(-c2ccc(-c3nc(-c4ccccc4)nc(-c4cccc(-n5c6ccc7ccccc7c6c6cccc(-c7ccc8c(c7)N(c7ccccc7)c7ccccc7S8)c65)c4)n3)cc2)cc1. The molecule has 0 amide bonds. The number of benzene rings is 10. The Kier molecular flexibility index (Phi) is 9.36. The maximum Gasteiger partial charge on any atom is 0.164 e. The van der Waals surface area contributed by atoms with Gasteiger partial charge in [0.2, 0.25) is 0 Å². The van der Waals surface area contributed by atoms with Gasteiger partial charge in [-0.3, -0.25) is 0 Å². The maximum absolute atomic E-state index is 5.21. The van der Waals surface area contributed by atoms with E-state index in [-0.39, 0.29) is 0 Å². The van der Waals surface area contributed by atoms with Crippen LogP contribution in [0.15, 0.2) is 246 Å². The van der Waals surface area contributed by atoms with Gasteiger partial charge in [-0.1, -0.05) is 194 Å². The Morgan fingerprint density at radius 3 is 1.69 bits per heavy atom. The first-order valence-electron chi connectivity index (χ1n) is 22.5. The lowest BCUT2D eigenvalue weighted by atomic mass is 9.99. The van der Waals surface area contributed by atoms with E-state index in [0.29, 0.717) is 17.5 Å². The average Bonchev–Trinajstić information content (AvgIpc) is 3.76. The normalized spacial score (nSPS) is 12.1. The molecule has 1 aliphatic heterocycles. The molecule has 6 heteroatoms. The summed E-state index contributed by atoms with van der Waals surface area (Å²) in [6, 6.07) is 84.1.